The van der Waals surface area contributed by atoms with Crippen LogP contribution >= 0.6 is 27.3 Å². The molecule has 0 spiro atoms. The van der Waals surface area contributed by atoms with Gasteiger partial charge in [0, 0.05) is 21.0 Å². The van der Waals surface area contributed by atoms with Gasteiger partial charge in [0.2, 0.25) is 5.13 Å². The second-order valence-corrected chi connectivity index (χ2v) is 8.02. The van der Waals surface area contributed by atoms with Crippen molar-refractivity contribution in [3.8, 4) is 16.4 Å². The number of aryl methyl sites for hydroxylation is 1. The molecule has 0 saturated carbocycles. The molecule has 4 rings (SSSR count). The third-order valence-electron chi connectivity index (χ3n) is 4.49. The molecule has 2 heterocycles. The molecule has 136 valence electrons. The molecule has 2 aromatic heterocycles. The van der Waals surface area contributed by atoms with Crippen LogP contribution in [0.2, 0.25) is 0 Å². The van der Waals surface area contributed by atoms with Gasteiger partial charge in [-0.05, 0) is 37.8 Å². The van der Waals surface area contributed by atoms with Gasteiger partial charge in [0.15, 0.2) is 5.69 Å². The topological polar surface area (TPSA) is 30.7 Å². The molecule has 1 aromatic carbocycles. The summed E-state index contributed by atoms with van der Waals surface area (Å²) in [5.74, 6) is 0. The number of thiazole rings is 1. The Labute approximate surface area is 161 Å². The Morgan fingerprint density at radius 2 is 1.77 bits per heavy atom. The number of halogens is 4. The molecule has 0 unspecified atom stereocenters. The summed E-state index contributed by atoms with van der Waals surface area (Å²) in [5.41, 5.74) is 1.76. The Morgan fingerprint density at radius 1 is 1.04 bits per heavy atom. The summed E-state index contributed by atoms with van der Waals surface area (Å²) in [5, 5.41) is 6.33. The van der Waals surface area contributed by atoms with Crippen LogP contribution in [0.25, 0.3) is 16.4 Å². The van der Waals surface area contributed by atoms with Crippen LogP contribution in [-0.2, 0) is 19.0 Å². The Morgan fingerprint density at radius 3 is 2.50 bits per heavy atom. The van der Waals surface area contributed by atoms with Crippen molar-refractivity contribution < 1.29 is 13.2 Å². The summed E-state index contributed by atoms with van der Waals surface area (Å²) in [6, 6.07) is 7.52. The van der Waals surface area contributed by atoms with E-state index in [1.165, 1.54) is 11.3 Å². The fourth-order valence-electron chi connectivity index (χ4n) is 3.27. The van der Waals surface area contributed by atoms with Crippen molar-refractivity contribution in [2.45, 2.75) is 38.3 Å². The Bertz CT molecular complexity index is 928. The number of alkyl halides is 3. The Balaban J connectivity index is 1.80. The van der Waals surface area contributed by atoms with Gasteiger partial charge in [0.25, 0.3) is 0 Å². The molecule has 1 aliphatic carbocycles. The zero-order valence-corrected chi connectivity index (χ0v) is 16.1. The Hall–Kier alpha value is -1.67. The molecule has 8 heteroatoms. The summed E-state index contributed by atoms with van der Waals surface area (Å²) in [6.45, 7) is 0. The first-order valence-electron chi connectivity index (χ1n) is 8.33. The SMILES string of the molecule is FC(F)(F)c1c2c(nn1-c1nc(-c3ccc(Br)cc3)cs1)CCCCC2. The standard InChI is InChI=1S/C18H15BrF3N3S/c19-12-8-6-11(7-9-12)15-10-26-17(23-15)25-16(18(20,21)22)13-4-2-1-3-5-14(13)24-25/h6-10H,1-5H2. The molecule has 0 radical (unpaired) electrons. The lowest BCUT2D eigenvalue weighted by atomic mass is 10.1. The first-order valence-corrected chi connectivity index (χ1v) is 10.0. The summed E-state index contributed by atoms with van der Waals surface area (Å²) in [6.07, 6.45) is -0.842. The molecule has 0 amide bonds. The summed E-state index contributed by atoms with van der Waals surface area (Å²) < 4.78 is 43.3. The van der Waals surface area contributed by atoms with E-state index < -0.39 is 11.9 Å². The van der Waals surface area contributed by atoms with E-state index in [1.807, 2.05) is 24.3 Å². The maximum atomic E-state index is 13.8. The highest BCUT2D eigenvalue weighted by atomic mass is 79.9. The molecule has 26 heavy (non-hydrogen) atoms. The highest BCUT2D eigenvalue weighted by Crippen LogP contribution is 2.38. The van der Waals surface area contributed by atoms with E-state index in [2.05, 4.69) is 26.0 Å². The molecule has 0 bridgehead atoms. The summed E-state index contributed by atoms with van der Waals surface area (Å²) in [7, 11) is 0. The van der Waals surface area contributed by atoms with Gasteiger partial charge < -0.3 is 0 Å². The molecule has 1 aliphatic rings. The third kappa shape index (κ3) is 3.32. The first kappa shape index (κ1) is 17.7. The number of hydrogen-bond acceptors (Lipinski definition) is 3. The monoisotopic (exact) mass is 441 g/mol. The predicted molar refractivity (Wildman–Crippen MR) is 98.6 cm³/mol. The average Bonchev–Trinajstić information content (AvgIpc) is 3.15. The molecule has 3 nitrogen and oxygen atoms in total. The summed E-state index contributed by atoms with van der Waals surface area (Å²) >= 11 is 4.55. The lowest BCUT2D eigenvalue weighted by Gasteiger charge is -2.10. The minimum atomic E-state index is -4.45. The number of nitrogens with zero attached hydrogens (tertiary/aromatic N) is 3. The zero-order chi connectivity index (χ0) is 18.3. The molecule has 3 aromatic rings. The van der Waals surface area contributed by atoms with E-state index in [1.54, 1.807) is 5.38 Å². The minimum absolute atomic E-state index is 0.253. The van der Waals surface area contributed by atoms with Crippen LogP contribution in [0.1, 0.15) is 36.2 Å². The van der Waals surface area contributed by atoms with E-state index in [0.717, 1.165) is 34.0 Å². The van der Waals surface area contributed by atoms with Crippen molar-refractivity contribution >= 4 is 27.3 Å². The normalized spacial score (nSPS) is 14.9. The maximum absolute atomic E-state index is 13.8. The largest absolute Gasteiger partial charge is 0.433 e. The molecule has 0 saturated heterocycles. The van der Waals surface area contributed by atoms with Gasteiger partial charge in [-0.2, -0.15) is 18.3 Å². The minimum Gasteiger partial charge on any atom is -0.218 e. The van der Waals surface area contributed by atoms with Gasteiger partial charge in [-0.15, -0.1) is 11.3 Å². The lowest BCUT2D eigenvalue weighted by Crippen LogP contribution is -2.15. The number of rotatable bonds is 2. The van der Waals surface area contributed by atoms with Gasteiger partial charge in [0.05, 0.1) is 11.4 Å². The van der Waals surface area contributed by atoms with Crippen LogP contribution in [0.3, 0.4) is 0 Å². The quantitative estimate of drug-likeness (QED) is 0.453. The number of hydrogen-bond donors (Lipinski definition) is 0. The second kappa shape index (κ2) is 6.81. The maximum Gasteiger partial charge on any atom is 0.433 e. The van der Waals surface area contributed by atoms with Gasteiger partial charge in [0.1, 0.15) is 0 Å². The van der Waals surface area contributed by atoms with Crippen LogP contribution in [0.4, 0.5) is 13.2 Å². The fraction of sp³-hybridized carbons (Fsp3) is 0.333. The zero-order valence-electron chi connectivity index (χ0n) is 13.7. The van der Waals surface area contributed by atoms with E-state index in [4.69, 9.17) is 0 Å². The van der Waals surface area contributed by atoms with Crippen molar-refractivity contribution in [1.29, 1.82) is 0 Å². The van der Waals surface area contributed by atoms with E-state index in [-0.39, 0.29) is 5.13 Å². The number of aromatic nitrogens is 3. The van der Waals surface area contributed by atoms with Crippen molar-refractivity contribution in [3.63, 3.8) is 0 Å². The van der Waals surface area contributed by atoms with Crippen LogP contribution in [0.15, 0.2) is 34.1 Å². The van der Waals surface area contributed by atoms with Crippen molar-refractivity contribution in [3.05, 3.63) is 51.1 Å². The van der Waals surface area contributed by atoms with E-state index >= 15 is 0 Å². The van der Waals surface area contributed by atoms with Gasteiger partial charge >= 0.3 is 6.18 Å². The molecule has 0 fully saturated rings. The Kier molecular flexibility index (Phi) is 4.64. The van der Waals surface area contributed by atoms with Crippen molar-refractivity contribution in [2.24, 2.45) is 0 Å². The van der Waals surface area contributed by atoms with Crippen LogP contribution in [0, 0.1) is 0 Å². The average molecular weight is 442 g/mol. The smallest absolute Gasteiger partial charge is 0.218 e. The van der Waals surface area contributed by atoms with E-state index in [0.29, 0.717) is 29.8 Å². The molecule has 0 aliphatic heterocycles. The predicted octanol–water partition coefficient (Wildman–Crippen LogP) is 6.05. The van der Waals surface area contributed by atoms with Gasteiger partial charge in [-0.3, -0.25) is 0 Å². The van der Waals surface area contributed by atoms with E-state index in [9.17, 15) is 13.2 Å². The van der Waals surface area contributed by atoms with Gasteiger partial charge in [-0.25, -0.2) is 9.67 Å². The van der Waals surface area contributed by atoms with Crippen LogP contribution in [-0.4, -0.2) is 14.8 Å². The number of fused-ring (bicyclic) bond motifs is 1. The summed E-state index contributed by atoms with van der Waals surface area (Å²) in [4.78, 5) is 4.43. The molecular weight excluding hydrogens is 427 g/mol. The highest BCUT2D eigenvalue weighted by molar-refractivity contribution is 9.10. The molecule has 0 N–H and O–H groups in total. The fourth-order valence-corrected chi connectivity index (χ4v) is 4.33. The van der Waals surface area contributed by atoms with Crippen molar-refractivity contribution in [2.75, 3.05) is 0 Å². The van der Waals surface area contributed by atoms with Crippen LogP contribution in [0.5, 0.6) is 0 Å². The lowest BCUT2D eigenvalue weighted by molar-refractivity contribution is -0.143. The molecular formula is C18H15BrF3N3S. The van der Waals surface area contributed by atoms with Crippen molar-refractivity contribution in [1.82, 2.24) is 14.8 Å². The first-order chi connectivity index (χ1) is 12.4. The van der Waals surface area contributed by atoms with Crippen LogP contribution < -0.4 is 0 Å². The second-order valence-electron chi connectivity index (χ2n) is 6.27. The highest BCUT2D eigenvalue weighted by Gasteiger charge is 2.41. The number of benzene rings is 1. The molecule has 0 atom stereocenters. The third-order valence-corrected chi connectivity index (χ3v) is 5.83. The van der Waals surface area contributed by atoms with Gasteiger partial charge in [-0.1, -0.05) is 34.5 Å².